The van der Waals surface area contributed by atoms with Gasteiger partial charge in [-0.3, -0.25) is 4.79 Å². The summed E-state index contributed by atoms with van der Waals surface area (Å²) in [7, 11) is -0.546. The zero-order valence-corrected chi connectivity index (χ0v) is 15.8. The first-order valence-corrected chi connectivity index (χ1v) is 9.56. The Balaban J connectivity index is 1.96. The van der Waals surface area contributed by atoms with Gasteiger partial charge in [-0.25, -0.2) is 12.7 Å². The minimum Gasteiger partial charge on any atom is -0.492 e. The average Bonchev–Trinajstić information content (AvgIpc) is 2.61. The lowest BCUT2D eigenvalue weighted by Gasteiger charge is -2.13. The molecular weight excluding hydrogens is 354 g/mol. The number of nitrogens with zero attached hydrogens (tertiary/aromatic N) is 1. The summed E-state index contributed by atoms with van der Waals surface area (Å²) in [5.74, 6) is 0.431. The van der Waals surface area contributed by atoms with Gasteiger partial charge in [-0.2, -0.15) is 0 Å². The molecule has 26 heavy (non-hydrogen) atoms. The van der Waals surface area contributed by atoms with E-state index in [1.807, 2.05) is 31.2 Å². The number of rotatable bonds is 8. The van der Waals surface area contributed by atoms with Crippen LogP contribution in [0.15, 0.2) is 53.4 Å². The van der Waals surface area contributed by atoms with Crippen molar-refractivity contribution in [2.45, 2.75) is 11.8 Å². The molecule has 0 bridgehead atoms. The molecule has 0 aliphatic heterocycles. The van der Waals surface area contributed by atoms with Crippen LogP contribution < -0.4 is 15.4 Å². The van der Waals surface area contributed by atoms with E-state index in [1.165, 1.54) is 26.2 Å². The third kappa shape index (κ3) is 4.96. The summed E-state index contributed by atoms with van der Waals surface area (Å²) in [5, 5.41) is 5.75. The second-order valence-corrected chi connectivity index (χ2v) is 7.79. The number of sulfonamides is 1. The van der Waals surface area contributed by atoms with Gasteiger partial charge in [0.2, 0.25) is 15.9 Å². The van der Waals surface area contributed by atoms with Crippen molar-refractivity contribution < 1.29 is 17.9 Å². The Hall–Kier alpha value is -2.58. The standard InChI is InChI=1S/C18H23N3O4S/c1-4-25-17-8-6-5-7-16(17)19-13-18(22)20-14-9-11-15(12-10-14)26(23,24)21(2)3/h5-12,19H,4,13H2,1-3H3,(H,20,22). The molecule has 2 aromatic carbocycles. The topological polar surface area (TPSA) is 87.7 Å². The van der Waals surface area contributed by atoms with Crippen LogP contribution in [-0.4, -0.2) is 45.9 Å². The van der Waals surface area contributed by atoms with Crippen molar-refractivity contribution in [3.63, 3.8) is 0 Å². The molecule has 0 aliphatic carbocycles. The maximum atomic E-state index is 12.1. The Kier molecular flexibility index (Phi) is 6.59. The second kappa shape index (κ2) is 8.68. The lowest BCUT2D eigenvalue weighted by molar-refractivity contribution is -0.114. The van der Waals surface area contributed by atoms with Crippen LogP contribution in [0.3, 0.4) is 0 Å². The van der Waals surface area contributed by atoms with E-state index in [9.17, 15) is 13.2 Å². The minimum absolute atomic E-state index is 0.0574. The Morgan fingerprint density at radius 3 is 2.35 bits per heavy atom. The molecular formula is C18H23N3O4S. The van der Waals surface area contributed by atoms with Crippen molar-refractivity contribution >= 4 is 27.3 Å². The van der Waals surface area contributed by atoms with Crippen molar-refractivity contribution in [3.8, 4) is 5.75 Å². The van der Waals surface area contributed by atoms with Crippen molar-refractivity contribution in [2.75, 3.05) is 37.9 Å². The number of carbonyl (C=O) groups is 1. The second-order valence-electron chi connectivity index (χ2n) is 5.64. The van der Waals surface area contributed by atoms with E-state index in [-0.39, 0.29) is 17.3 Å². The van der Waals surface area contributed by atoms with Crippen LogP contribution in [-0.2, 0) is 14.8 Å². The van der Waals surface area contributed by atoms with Crippen molar-refractivity contribution in [1.29, 1.82) is 0 Å². The van der Waals surface area contributed by atoms with Crippen LogP contribution in [0.5, 0.6) is 5.75 Å². The van der Waals surface area contributed by atoms with Gasteiger partial charge in [-0.1, -0.05) is 12.1 Å². The molecule has 0 spiro atoms. The predicted molar refractivity (Wildman–Crippen MR) is 102 cm³/mol. The number of hydrogen-bond donors (Lipinski definition) is 2. The summed E-state index contributed by atoms with van der Waals surface area (Å²) in [6.45, 7) is 2.48. The van der Waals surface area contributed by atoms with E-state index in [0.717, 1.165) is 9.99 Å². The van der Waals surface area contributed by atoms with Crippen LogP contribution in [0, 0.1) is 0 Å². The molecule has 0 unspecified atom stereocenters. The van der Waals surface area contributed by atoms with Crippen LogP contribution in [0.2, 0.25) is 0 Å². The maximum Gasteiger partial charge on any atom is 0.243 e. The van der Waals surface area contributed by atoms with Crippen molar-refractivity contribution in [1.82, 2.24) is 4.31 Å². The van der Waals surface area contributed by atoms with Gasteiger partial charge in [0.05, 0.1) is 23.7 Å². The molecule has 7 nitrogen and oxygen atoms in total. The zero-order chi connectivity index (χ0) is 19.2. The molecule has 1 amide bonds. The van der Waals surface area contributed by atoms with E-state index >= 15 is 0 Å². The molecule has 0 saturated carbocycles. The molecule has 0 aromatic heterocycles. The van der Waals surface area contributed by atoms with Crippen LogP contribution in [0.25, 0.3) is 0 Å². The Labute approximate surface area is 154 Å². The highest BCUT2D eigenvalue weighted by Crippen LogP contribution is 2.23. The highest BCUT2D eigenvalue weighted by atomic mass is 32.2. The fourth-order valence-electron chi connectivity index (χ4n) is 2.20. The molecule has 0 fully saturated rings. The smallest absolute Gasteiger partial charge is 0.243 e. The van der Waals surface area contributed by atoms with Crippen LogP contribution in [0.4, 0.5) is 11.4 Å². The molecule has 2 rings (SSSR count). The number of hydrogen-bond acceptors (Lipinski definition) is 5. The lowest BCUT2D eigenvalue weighted by atomic mass is 10.3. The van der Waals surface area contributed by atoms with Crippen molar-refractivity contribution in [2.24, 2.45) is 0 Å². The third-order valence-electron chi connectivity index (χ3n) is 3.54. The van der Waals surface area contributed by atoms with Gasteiger partial charge in [0.25, 0.3) is 0 Å². The Bertz CT molecular complexity index is 849. The van der Waals surface area contributed by atoms with E-state index in [1.54, 1.807) is 12.1 Å². The maximum absolute atomic E-state index is 12.1. The number of nitrogens with one attached hydrogen (secondary N) is 2. The molecule has 0 heterocycles. The molecule has 0 radical (unpaired) electrons. The quantitative estimate of drug-likeness (QED) is 0.737. The summed E-state index contributed by atoms with van der Waals surface area (Å²) in [5.41, 5.74) is 1.25. The molecule has 0 saturated heterocycles. The highest BCUT2D eigenvalue weighted by molar-refractivity contribution is 7.89. The lowest BCUT2D eigenvalue weighted by Crippen LogP contribution is -2.23. The number of amides is 1. The number of carbonyl (C=O) groups excluding carboxylic acids is 1. The molecule has 140 valence electrons. The predicted octanol–water partition coefficient (Wildman–Crippen LogP) is 2.39. The van der Waals surface area contributed by atoms with Gasteiger partial charge in [0.15, 0.2) is 0 Å². The molecule has 0 aliphatic rings. The van der Waals surface area contributed by atoms with Gasteiger partial charge in [0, 0.05) is 19.8 Å². The van der Waals surface area contributed by atoms with E-state index in [4.69, 9.17) is 4.74 Å². The number of anilines is 2. The average molecular weight is 377 g/mol. The number of para-hydroxylation sites is 2. The fourth-order valence-corrected chi connectivity index (χ4v) is 3.10. The summed E-state index contributed by atoms with van der Waals surface area (Å²) < 4.78 is 30.7. The summed E-state index contributed by atoms with van der Waals surface area (Å²) in [6.07, 6.45) is 0. The van der Waals surface area contributed by atoms with E-state index in [2.05, 4.69) is 10.6 Å². The first kappa shape index (κ1) is 19.7. The van der Waals surface area contributed by atoms with Gasteiger partial charge in [-0.15, -0.1) is 0 Å². The first-order valence-electron chi connectivity index (χ1n) is 8.12. The summed E-state index contributed by atoms with van der Waals surface area (Å²) in [4.78, 5) is 12.3. The fraction of sp³-hybridized carbons (Fsp3) is 0.278. The SMILES string of the molecule is CCOc1ccccc1NCC(=O)Nc1ccc(S(=O)(=O)N(C)C)cc1. The zero-order valence-electron chi connectivity index (χ0n) is 15.0. The largest absolute Gasteiger partial charge is 0.492 e. The highest BCUT2D eigenvalue weighted by Gasteiger charge is 2.16. The van der Waals surface area contributed by atoms with Gasteiger partial charge in [-0.05, 0) is 43.3 Å². The number of ether oxygens (including phenoxy) is 1. The molecule has 8 heteroatoms. The van der Waals surface area contributed by atoms with Gasteiger partial charge < -0.3 is 15.4 Å². The number of benzene rings is 2. The van der Waals surface area contributed by atoms with Gasteiger partial charge in [0.1, 0.15) is 5.75 Å². The monoisotopic (exact) mass is 377 g/mol. The summed E-state index contributed by atoms with van der Waals surface area (Å²) in [6, 6.07) is 13.4. The summed E-state index contributed by atoms with van der Waals surface area (Å²) >= 11 is 0. The Morgan fingerprint density at radius 1 is 1.08 bits per heavy atom. The first-order chi connectivity index (χ1) is 12.3. The minimum atomic E-state index is -3.48. The molecule has 2 aromatic rings. The van der Waals surface area contributed by atoms with E-state index < -0.39 is 10.0 Å². The normalized spacial score (nSPS) is 11.2. The van der Waals surface area contributed by atoms with Crippen LogP contribution in [0.1, 0.15) is 6.92 Å². The van der Waals surface area contributed by atoms with Crippen molar-refractivity contribution in [3.05, 3.63) is 48.5 Å². The van der Waals surface area contributed by atoms with E-state index in [0.29, 0.717) is 18.0 Å². The molecule has 0 atom stereocenters. The third-order valence-corrected chi connectivity index (χ3v) is 5.37. The van der Waals surface area contributed by atoms with Crippen LogP contribution >= 0.6 is 0 Å². The molecule has 2 N–H and O–H groups in total. The Morgan fingerprint density at radius 2 is 1.73 bits per heavy atom. The van der Waals surface area contributed by atoms with Gasteiger partial charge >= 0.3 is 0 Å².